The van der Waals surface area contributed by atoms with Crippen LogP contribution in [0.1, 0.15) is 18.0 Å². The lowest BCUT2D eigenvalue weighted by Crippen LogP contribution is -2.20. The van der Waals surface area contributed by atoms with Crippen molar-refractivity contribution in [1.29, 1.82) is 0 Å². The Morgan fingerprint density at radius 3 is 2.78 bits per heavy atom. The van der Waals surface area contributed by atoms with Gasteiger partial charge in [0.25, 0.3) is 0 Å². The van der Waals surface area contributed by atoms with Gasteiger partial charge in [0.15, 0.2) is 0 Å². The highest BCUT2D eigenvalue weighted by molar-refractivity contribution is 6.32. The van der Waals surface area contributed by atoms with Crippen molar-refractivity contribution in [2.45, 2.75) is 12.5 Å². The lowest BCUT2D eigenvalue weighted by atomic mass is 10.0. The number of carboxylic acid groups (broad SMARTS) is 1. The number of hydrogen-bond acceptors (Lipinski definition) is 3. The molecule has 1 aliphatic rings. The summed E-state index contributed by atoms with van der Waals surface area (Å²) in [7, 11) is 3.40. The number of hydrogen-bond donors (Lipinski definition) is 2. The summed E-state index contributed by atoms with van der Waals surface area (Å²) in [5, 5.41) is 12.7. The van der Waals surface area contributed by atoms with Crippen molar-refractivity contribution in [3.63, 3.8) is 0 Å². The van der Waals surface area contributed by atoms with Crippen LogP contribution in [-0.4, -0.2) is 25.2 Å². The van der Waals surface area contributed by atoms with Crippen molar-refractivity contribution in [3.05, 3.63) is 28.8 Å². The molecule has 0 bridgehead atoms. The van der Waals surface area contributed by atoms with E-state index in [4.69, 9.17) is 21.4 Å². The predicted octanol–water partition coefficient (Wildman–Crippen LogP) is 2.33. The molecular weight excluding hydrogens is 254 g/mol. The Bertz CT molecular complexity index is 464. The van der Waals surface area contributed by atoms with Crippen LogP contribution in [0, 0.1) is 11.8 Å². The third-order valence-electron chi connectivity index (χ3n) is 3.43. The molecule has 0 amide bonds. The highest BCUT2D eigenvalue weighted by atomic mass is 35.5. The van der Waals surface area contributed by atoms with Crippen LogP contribution in [0.5, 0.6) is 5.75 Å². The maximum Gasteiger partial charge on any atom is 0.306 e. The average Bonchev–Trinajstić information content (AvgIpc) is 3.11. The maximum atomic E-state index is 10.9. The van der Waals surface area contributed by atoms with E-state index in [1.54, 1.807) is 13.2 Å². The van der Waals surface area contributed by atoms with Crippen molar-refractivity contribution in [3.8, 4) is 5.75 Å². The van der Waals surface area contributed by atoms with Crippen LogP contribution in [0.4, 0.5) is 0 Å². The minimum Gasteiger partial charge on any atom is -0.495 e. The van der Waals surface area contributed by atoms with E-state index in [0.717, 1.165) is 5.56 Å². The van der Waals surface area contributed by atoms with Crippen LogP contribution in [0.3, 0.4) is 0 Å². The van der Waals surface area contributed by atoms with Crippen molar-refractivity contribution < 1.29 is 14.6 Å². The van der Waals surface area contributed by atoms with E-state index >= 15 is 0 Å². The number of nitrogens with one attached hydrogen (secondary N) is 1. The van der Waals surface area contributed by atoms with Crippen molar-refractivity contribution in [2.24, 2.45) is 11.8 Å². The summed E-state index contributed by atoms with van der Waals surface area (Å²) < 4.78 is 5.10. The van der Waals surface area contributed by atoms with Gasteiger partial charge in [0.05, 0.1) is 18.1 Å². The average molecular weight is 270 g/mol. The highest BCUT2D eigenvalue weighted by Gasteiger charge is 2.48. The Hall–Kier alpha value is -1.26. The standard InChI is InChI=1S/C13H16ClNO3/c1-15-12(8-6-9(8)13(16)17)7-3-4-11(18-2)10(14)5-7/h3-5,8-9,12,15H,6H2,1-2H3,(H,16,17). The van der Waals surface area contributed by atoms with Gasteiger partial charge in [-0.05, 0) is 37.1 Å². The lowest BCUT2D eigenvalue weighted by Gasteiger charge is -2.17. The number of halogens is 1. The van der Waals surface area contributed by atoms with Gasteiger partial charge < -0.3 is 15.2 Å². The third-order valence-corrected chi connectivity index (χ3v) is 3.73. The third kappa shape index (κ3) is 2.44. The van der Waals surface area contributed by atoms with Crippen molar-refractivity contribution in [2.75, 3.05) is 14.2 Å². The fourth-order valence-corrected chi connectivity index (χ4v) is 2.64. The molecule has 18 heavy (non-hydrogen) atoms. The first kappa shape index (κ1) is 13.2. The minimum absolute atomic E-state index is 0.0227. The highest BCUT2D eigenvalue weighted by Crippen LogP contribution is 2.48. The molecule has 1 fully saturated rings. The topological polar surface area (TPSA) is 58.6 Å². The molecule has 0 aliphatic heterocycles. The van der Waals surface area contributed by atoms with E-state index in [9.17, 15) is 4.79 Å². The van der Waals surface area contributed by atoms with Crippen LogP contribution in [0.15, 0.2) is 18.2 Å². The second-order valence-corrected chi connectivity index (χ2v) is 4.91. The van der Waals surface area contributed by atoms with Crippen molar-refractivity contribution >= 4 is 17.6 Å². The number of methoxy groups -OCH3 is 1. The summed E-state index contributed by atoms with van der Waals surface area (Å²) in [6.07, 6.45) is 0.713. The number of carbonyl (C=O) groups is 1. The summed E-state index contributed by atoms with van der Waals surface area (Å²) in [6.45, 7) is 0. The molecule has 98 valence electrons. The summed E-state index contributed by atoms with van der Waals surface area (Å²) in [5.74, 6) is -0.207. The maximum absolute atomic E-state index is 10.9. The smallest absolute Gasteiger partial charge is 0.306 e. The molecular formula is C13H16ClNO3. The monoisotopic (exact) mass is 269 g/mol. The Balaban J connectivity index is 2.19. The predicted molar refractivity (Wildman–Crippen MR) is 69.0 cm³/mol. The second kappa shape index (κ2) is 5.16. The second-order valence-electron chi connectivity index (χ2n) is 4.50. The summed E-state index contributed by atoms with van der Waals surface area (Å²) in [5.41, 5.74) is 0.997. The Labute approximate surface area is 111 Å². The molecule has 1 aliphatic carbocycles. The van der Waals surface area contributed by atoms with E-state index < -0.39 is 5.97 Å². The normalized spacial score (nSPS) is 23.5. The molecule has 0 aromatic heterocycles. The molecule has 0 saturated heterocycles. The number of benzene rings is 1. The molecule has 1 aromatic carbocycles. The summed E-state index contributed by atoms with van der Waals surface area (Å²) in [4.78, 5) is 10.9. The van der Waals surface area contributed by atoms with Gasteiger partial charge in [-0.2, -0.15) is 0 Å². The summed E-state index contributed by atoms with van der Waals surface area (Å²) >= 11 is 6.09. The molecule has 1 aromatic rings. The molecule has 0 heterocycles. The van der Waals surface area contributed by atoms with Crippen molar-refractivity contribution in [1.82, 2.24) is 5.32 Å². The molecule has 3 unspecified atom stereocenters. The largest absolute Gasteiger partial charge is 0.495 e. The van der Waals surface area contributed by atoms with E-state index in [2.05, 4.69) is 5.32 Å². The van der Waals surface area contributed by atoms with Gasteiger partial charge in [0, 0.05) is 6.04 Å². The molecule has 2 rings (SSSR count). The molecule has 0 radical (unpaired) electrons. The van der Waals surface area contributed by atoms with Gasteiger partial charge in [0.2, 0.25) is 0 Å². The molecule has 4 nitrogen and oxygen atoms in total. The van der Waals surface area contributed by atoms with E-state index in [1.165, 1.54) is 0 Å². The summed E-state index contributed by atoms with van der Waals surface area (Å²) in [6, 6.07) is 5.58. The van der Waals surface area contributed by atoms with Gasteiger partial charge in [-0.25, -0.2) is 0 Å². The van der Waals surface area contributed by atoms with Crippen LogP contribution in [0.25, 0.3) is 0 Å². The van der Waals surface area contributed by atoms with Gasteiger partial charge >= 0.3 is 5.97 Å². The molecule has 3 atom stereocenters. The van der Waals surface area contributed by atoms with Gasteiger partial charge in [-0.15, -0.1) is 0 Å². The first-order valence-corrected chi connectivity index (χ1v) is 6.19. The first-order valence-electron chi connectivity index (χ1n) is 5.82. The fourth-order valence-electron chi connectivity index (χ4n) is 2.37. The fraction of sp³-hybridized carbons (Fsp3) is 0.462. The first-order chi connectivity index (χ1) is 8.58. The quantitative estimate of drug-likeness (QED) is 0.861. The molecule has 5 heteroatoms. The number of rotatable bonds is 5. The van der Waals surface area contributed by atoms with Gasteiger partial charge in [-0.3, -0.25) is 4.79 Å². The van der Waals surface area contributed by atoms with Crippen LogP contribution < -0.4 is 10.1 Å². The molecule has 0 spiro atoms. The Kier molecular flexibility index (Phi) is 3.78. The lowest BCUT2D eigenvalue weighted by molar-refractivity contribution is -0.138. The Morgan fingerprint density at radius 1 is 1.61 bits per heavy atom. The zero-order valence-corrected chi connectivity index (χ0v) is 11.1. The van der Waals surface area contributed by atoms with Gasteiger partial charge in [0.1, 0.15) is 5.75 Å². The van der Waals surface area contributed by atoms with Crippen LogP contribution in [-0.2, 0) is 4.79 Å². The van der Waals surface area contributed by atoms with E-state index in [0.29, 0.717) is 17.2 Å². The van der Waals surface area contributed by atoms with E-state index in [-0.39, 0.29) is 17.9 Å². The molecule has 2 N–H and O–H groups in total. The number of carboxylic acids is 1. The Morgan fingerprint density at radius 2 is 2.33 bits per heavy atom. The number of aliphatic carboxylic acids is 1. The minimum atomic E-state index is -0.722. The SMILES string of the molecule is CNC(c1ccc(OC)c(Cl)c1)C1CC1C(=O)O. The zero-order valence-electron chi connectivity index (χ0n) is 10.3. The number of ether oxygens (including phenoxy) is 1. The van der Waals surface area contributed by atoms with Crippen LogP contribution in [0.2, 0.25) is 5.02 Å². The van der Waals surface area contributed by atoms with Gasteiger partial charge in [-0.1, -0.05) is 17.7 Å². The van der Waals surface area contributed by atoms with Crippen LogP contribution >= 0.6 is 11.6 Å². The van der Waals surface area contributed by atoms with E-state index in [1.807, 2.05) is 19.2 Å². The zero-order chi connectivity index (χ0) is 13.3. The molecule has 1 saturated carbocycles.